The van der Waals surface area contributed by atoms with E-state index < -0.39 is 6.04 Å². The van der Waals surface area contributed by atoms with Crippen LogP contribution in [0.3, 0.4) is 0 Å². The topological polar surface area (TPSA) is 50.2 Å². The number of hydrogen-bond acceptors (Lipinski definition) is 3. The molecule has 0 aliphatic carbocycles. The van der Waals surface area contributed by atoms with Crippen molar-refractivity contribution in [2.45, 2.75) is 39.7 Å². The van der Waals surface area contributed by atoms with E-state index in [-0.39, 0.29) is 5.91 Å². The van der Waals surface area contributed by atoms with E-state index in [1.54, 1.807) is 0 Å². The average Bonchev–Trinajstić information content (AvgIpc) is 3.14. The molecule has 2 heterocycles. The number of carbonyl (C=O) groups excluding carboxylic acids is 1. The van der Waals surface area contributed by atoms with Crippen LogP contribution in [0.1, 0.15) is 39.7 Å². The maximum atomic E-state index is 12.9. The monoisotopic (exact) mass is 452 g/mol. The van der Waals surface area contributed by atoms with Gasteiger partial charge in [0, 0.05) is 35.6 Å². The zero-order valence-electron chi connectivity index (χ0n) is 19.2. The van der Waals surface area contributed by atoms with E-state index in [2.05, 4.69) is 24.1 Å². The summed E-state index contributed by atoms with van der Waals surface area (Å²) in [5.41, 5.74) is 2.76. The minimum absolute atomic E-state index is 0.00987. The minimum atomic E-state index is -0.411. The molecule has 1 aliphatic rings. The van der Waals surface area contributed by atoms with Crippen molar-refractivity contribution in [3.05, 3.63) is 53.6 Å². The van der Waals surface area contributed by atoms with Gasteiger partial charge in [-0.3, -0.25) is 9.48 Å². The maximum Gasteiger partial charge on any atom is 0.244 e. The van der Waals surface area contributed by atoms with Crippen molar-refractivity contribution in [1.29, 1.82) is 0 Å². The normalized spacial score (nSPS) is 20.4. The fraction of sp³-hybridized carbons (Fsp3) is 0.462. The van der Waals surface area contributed by atoms with Crippen molar-refractivity contribution >= 4 is 28.4 Å². The third-order valence-electron chi connectivity index (χ3n) is 6.36. The maximum absolute atomic E-state index is 12.9. The molecule has 0 bridgehead atoms. The summed E-state index contributed by atoms with van der Waals surface area (Å²) in [5.74, 6) is 1.51. The molecule has 1 saturated heterocycles. The fourth-order valence-corrected chi connectivity index (χ4v) is 5.14. The molecule has 0 unspecified atom stereocenters. The van der Waals surface area contributed by atoms with E-state index in [1.165, 1.54) is 19.5 Å². The Kier molecular flexibility index (Phi) is 7.17. The van der Waals surface area contributed by atoms with Gasteiger partial charge in [-0.2, -0.15) is 5.10 Å². The highest BCUT2D eigenvalue weighted by molar-refractivity contribution is 6.31. The highest BCUT2D eigenvalue weighted by Crippen LogP contribution is 2.31. The lowest BCUT2D eigenvalue weighted by Gasteiger charge is -2.34. The van der Waals surface area contributed by atoms with Crippen LogP contribution >= 0.6 is 11.6 Å². The molecule has 2 aromatic carbocycles. The lowest BCUT2D eigenvalue weighted by Crippen LogP contribution is -2.40. The van der Waals surface area contributed by atoms with Crippen LogP contribution < -0.4 is 5.32 Å². The molecule has 1 aromatic heterocycles. The molecular weight excluding hydrogens is 420 g/mol. The van der Waals surface area contributed by atoms with Gasteiger partial charge in [-0.15, -0.1) is 0 Å². The second-order valence-electron chi connectivity index (χ2n) is 9.35. The number of carbonyl (C=O) groups is 1. The number of rotatable bonds is 7. The first-order valence-corrected chi connectivity index (χ1v) is 12.0. The summed E-state index contributed by atoms with van der Waals surface area (Å²) in [6, 6.07) is 15.3. The van der Waals surface area contributed by atoms with Gasteiger partial charge in [0.1, 0.15) is 11.7 Å². The number of fused-ring (bicyclic) bond motifs is 1. The molecule has 170 valence electrons. The Morgan fingerprint density at radius 3 is 2.59 bits per heavy atom. The molecule has 32 heavy (non-hydrogen) atoms. The van der Waals surface area contributed by atoms with Crippen molar-refractivity contribution in [2.24, 2.45) is 11.8 Å². The van der Waals surface area contributed by atoms with Crippen molar-refractivity contribution in [3.8, 4) is 11.3 Å². The SMILES string of the molecule is C[C@@H]1C[C@H](C)CN(CCCNC(=O)[C@@H](C)n2nc(-c3ccccc3)c3cc(Cl)ccc32)C1. The number of hydrogen-bond donors (Lipinski definition) is 1. The van der Waals surface area contributed by atoms with Crippen LogP contribution in [0.5, 0.6) is 0 Å². The highest BCUT2D eigenvalue weighted by Gasteiger charge is 2.23. The van der Waals surface area contributed by atoms with Crippen molar-refractivity contribution in [2.75, 3.05) is 26.2 Å². The van der Waals surface area contributed by atoms with E-state index in [1.807, 2.05) is 60.1 Å². The Balaban J connectivity index is 1.43. The van der Waals surface area contributed by atoms with Gasteiger partial charge in [0.2, 0.25) is 5.91 Å². The molecule has 5 nitrogen and oxygen atoms in total. The summed E-state index contributed by atoms with van der Waals surface area (Å²) in [6.45, 7) is 10.6. The molecule has 1 aliphatic heterocycles. The summed E-state index contributed by atoms with van der Waals surface area (Å²) in [5, 5.41) is 9.56. The van der Waals surface area contributed by atoms with E-state index >= 15 is 0 Å². The Morgan fingerprint density at radius 1 is 1.16 bits per heavy atom. The van der Waals surface area contributed by atoms with Gasteiger partial charge < -0.3 is 10.2 Å². The molecule has 3 aromatic rings. The molecular formula is C26H33ClN4O. The molecule has 1 amide bonds. The second-order valence-corrected chi connectivity index (χ2v) is 9.78. The number of benzene rings is 2. The van der Waals surface area contributed by atoms with Crippen molar-refractivity contribution in [3.63, 3.8) is 0 Å². The van der Waals surface area contributed by atoms with Crippen molar-refractivity contribution < 1.29 is 4.79 Å². The van der Waals surface area contributed by atoms with Gasteiger partial charge in [0.15, 0.2) is 0 Å². The van der Waals surface area contributed by atoms with Crippen LogP contribution in [0.4, 0.5) is 0 Å². The quantitative estimate of drug-likeness (QED) is 0.488. The largest absolute Gasteiger partial charge is 0.354 e. The van der Waals surface area contributed by atoms with Gasteiger partial charge in [0.05, 0.1) is 5.52 Å². The molecule has 0 radical (unpaired) electrons. The smallest absolute Gasteiger partial charge is 0.244 e. The fourth-order valence-electron chi connectivity index (χ4n) is 4.97. The molecule has 0 spiro atoms. The van der Waals surface area contributed by atoms with Crippen LogP contribution in [0.2, 0.25) is 5.02 Å². The van der Waals surface area contributed by atoms with E-state index in [0.717, 1.165) is 47.0 Å². The Morgan fingerprint density at radius 2 is 1.88 bits per heavy atom. The molecule has 1 N–H and O–H groups in total. The Bertz CT molecular complexity index is 1050. The first-order chi connectivity index (χ1) is 15.4. The van der Waals surface area contributed by atoms with Crippen LogP contribution in [0.25, 0.3) is 22.2 Å². The van der Waals surface area contributed by atoms with Crippen LogP contribution in [-0.2, 0) is 4.79 Å². The molecule has 3 atom stereocenters. The Labute approximate surface area is 195 Å². The van der Waals surface area contributed by atoms with E-state index in [0.29, 0.717) is 11.6 Å². The summed E-state index contributed by atoms with van der Waals surface area (Å²) < 4.78 is 1.82. The number of aromatic nitrogens is 2. The standard InChI is InChI=1S/C26H33ClN4O/c1-18-14-19(2)17-30(16-18)13-7-12-28-26(32)20(3)31-24-11-10-22(27)15-23(24)25(29-31)21-8-5-4-6-9-21/h4-6,8-11,15,18-20H,7,12-14,16-17H2,1-3H3,(H,28,32)/t18-,19+,20-/m1/s1. The zero-order valence-corrected chi connectivity index (χ0v) is 20.0. The van der Waals surface area contributed by atoms with Gasteiger partial charge in [0.25, 0.3) is 0 Å². The number of nitrogens with one attached hydrogen (secondary N) is 1. The predicted molar refractivity (Wildman–Crippen MR) is 132 cm³/mol. The minimum Gasteiger partial charge on any atom is -0.354 e. The van der Waals surface area contributed by atoms with Crippen LogP contribution in [0, 0.1) is 11.8 Å². The van der Waals surface area contributed by atoms with Gasteiger partial charge in [-0.05, 0) is 56.3 Å². The second kappa shape index (κ2) is 10.1. The highest BCUT2D eigenvalue weighted by atomic mass is 35.5. The van der Waals surface area contributed by atoms with Crippen LogP contribution in [0.15, 0.2) is 48.5 Å². The number of nitrogens with zero attached hydrogens (tertiary/aromatic N) is 3. The molecule has 1 fully saturated rings. The lowest BCUT2D eigenvalue weighted by atomic mass is 9.92. The Hall–Kier alpha value is -2.37. The third kappa shape index (κ3) is 5.16. The van der Waals surface area contributed by atoms with Gasteiger partial charge in [-0.1, -0.05) is 55.8 Å². The zero-order chi connectivity index (χ0) is 22.7. The van der Waals surface area contributed by atoms with Crippen LogP contribution in [-0.4, -0.2) is 46.8 Å². The number of piperidine rings is 1. The first-order valence-electron chi connectivity index (χ1n) is 11.7. The summed E-state index contributed by atoms with van der Waals surface area (Å²) >= 11 is 6.28. The lowest BCUT2D eigenvalue weighted by molar-refractivity contribution is -0.124. The number of likely N-dealkylation sites (tertiary alicyclic amines) is 1. The first kappa shape index (κ1) is 22.8. The predicted octanol–water partition coefficient (Wildman–Crippen LogP) is 5.40. The summed E-state index contributed by atoms with van der Waals surface area (Å²) in [4.78, 5) is 15.5. The molecule has 6 heteroatoms. The summed E-state index contributed by atoms with van der Waals surface area (Å²) in [6.07, 6.45) is 2.28. The average molecular weight is 453 g/mol. The number of halogens is 1. The molecule has 4 rings (SSSR count). The van der Waals surface area contributed by atoms with Gasteiger partial charge >= 0.3 is 0 Å². The van der Waals surface area contributed by atoms with Crippen molar-refractivity contribution in [1.82, 2.24) is 20.0 Å². The number of amides is 1. The van der Waals surface area contributed by atoms with E-state index in [9.17, 15) is 4.79 Å². The van der Waals surface area contributed by atoms with E-state index in [4.69, 9.17) is 16.7 Å². The molecule has 0 saturated carbocycles. The third-order valence-corrected chi connectivity index (χ3v) is 6.59. The van der Waals surface area contributed by atoms with Gasteiger partial charge in [-0.25, -0.2) is 0 Å². The summed E-state index contributed by atoms with van der Waals surface area (Å²) in [7, 11) is 0.